The van der Waals surface area contributed by atoms with Crippen LogP contribution in [0.5, 0.6) is 0 Å². The Kier molecular flexibility index (Phi) is 3.39. The highest BCUT2D eigenvalue weighted by atomic mass is 32.2. The Morgan fingerprint density at radius 1 is 1.35 bits per heavy atom. The van der Waals surface area contributed by atoms with E-state index in [1.165, 1.54) is 6.20 Å². The van der Waals surface area contributed by atoms with Crippen molar-refractivity contribution < 1.29 is 4.79 Å². The van der Waals surface area contributed by atoms with Gasteiger partial charge in [-0.15, -0.1) is 11.8 Å². The van der Waals surface area contributed by atoms with Gasteiger partial charge in [0.15, 0.2) is 6.29 Å². The van der Waals surface area contributed by atoms with E-state index in [0.29, 0.717) is 11.3 Å². The zero-order valence-electron chi connectivity index (χ0n) is 9.25. The van der Waals surface area contributed by atoms with Crippen LogP contribution >= 0.6 is 11.8 Å². The van der Waals surface area contributed by atoms with Gasteiger partial charge in [0.05, 0.1) is 11.3 Å². The molecule has 86 valence electrons. The largest absolute Gasteiger partial charge is 0.368 e. The number of hydrogen-bond donors (Lipinski definition) is 1. The fourth-order valence-corrected chi connectivity index (χ4v) is 2.15. The number of thioether (sulfide) groups is 1. The molecule has 0 amide bonds. The van der Waals surface area contributed by atoms with E-state index in [9.17, 15) is 4.79 Å². The maximum atomic E-state index is 11.0. The van der Waals surface area contributed by atoms with Gasteiger partial charge in [0.25, 0.3) is 0 Å². The number of aldehydes is 1. The summed E-state index contributed by atoms with van der Waals surface area (Å²) >= 11 is 1.60. The zero-order chi connectivity index (χ0) is 12.3. The first kappa shape index (κ1) is 11.6. The number of rotatable bonds is 3. The number of nitrogens with two attached hydrogens (primary N) is 1. The van der Waals surface area contributed by atoms with Gasteiger partial charge in [-0.2, -0.15) is 0 Å². The van der Waals surface area contributed by atoms with Crippen molar-refractivity contribution in [2.24, 2.45) is 0 Å². The van der Waals surface area contributed by atoms with Crippen molar-refractivity contribution in [3.8, 4) is 11.3 Å². The third-order valence-corrected chi connectivity index (χ3v) is 3.12. The summed E-state index contributed by atoms with van der Waals surface area (Å²) < 4.78 is 0. The van der Waals surface area contributed by atoms with Crippen molar-refractivity contribution in [1.29, 1.82) is 0 Å². The summed E-state index contributed by atoms with van der Waals surface area (Å²) in [6, 6.07) is 7.75. The van der Waals surface area contributed by atoms with Gasteiger partial charge in [0, 0.05) is 16.7 Å². The number of benzene rings is 1. The molecule has 2 rings (SSSR count). The highest BCUT2D eigenvalue weighted by Crippen LogP contribution is 2.30. The van der Waals surface area contributed by atoms with Crippen molar-refractivity contribution in [3.63, 3.8) is 0 Å². The maximum Gasteiger partial charge on any atom is 0.220 e. The number of nitrogens with zero attached hydrogens (tertiary/aromatic N) is 2. The Morgan fingerprint density at radius 2 is 2.12 bits per heavy atom. The molecule has 0 bridgehead atoms. The smallest absolute Gasteiger partial charge is 0.220 e. The van der Waals surface area contributed by atoms with Crippen LogP contribution in [0.1, 0.15) is 10.4 Å². The molecule has 0 aliphatic heterocycles. The van der Waals surface area contributed by atoms with Crippen molar-refractivity contribution in [2.45, 2.75) is 4.90 Å². The van der Waals surface area contributed by atoms with E-state index in [-0.39, 0.29) is 5.95 Å². The fraction of sp³-hybridized carbons (Fsp3) is 0.0833. The quantitative estimate of drug-likeness (QED) is 0.663. The average Bonchev–Trinajstić information content (AvgIpc) is 2.38. The first-order valence-corrected chi connectivity index (χ1v) is 6.20. The molecule has 0 atom stereocenters. The van der Waals surface area contributed by atoms with E-state index in [1.807, 2.05) is 30.5 Å². The normalized spacial score (nSPS) is 10.2. The fourth-order valence-electron chi connectivity index (χ4n) is 1.55. The highest BCUT2D eigenvalue weighted by molar-refractivity contribution is 7.98. The molecular weight excluding hydrogens is 234 g/mol. The predicted molar refractivity (Wildman–Crippen MR) is 69.0 cm³/mol. The van der Waals surface area contributed by atoms with Gasteiger partial charge in [-0.25, -0.2) is 9.97 Å². The predicted octanol–water partition coefficient (Wildman–Crippen LogP) is 2.26. The second-order valence-corrected chi connectivity index (χ2v) is 4.20. The Labute approximate surface area is 103 Å². The molecule has 5 heteroatoms. The molecule has 1 aromatic carbocycles. The Hall–Kier alpha value is -1.88. The van der Waals surface area contributed by atoms with Gasteiger partial charge >= 0.3 is 0 Å². The number of aromatic nitrogens is 2. The van der Waals surface area contributed by atoms with Gasteiger partial charge in [0.2, 0.25) is 5.95 Å². The van der Waals surface area contributed by atoms with E-state index in [4.69, 9.17) is 5.73 Å². The lowest BCUT2D eigenvalue weighted by molar-refractivity contribution is 0.112. The second kappa shape index (κ2) is 4.97. The highest BCUT2D eigenvalue weighted by Gasteiger charge is 2.11. The molecule has 2 N–H and O–H groups in total. The summed E-state index contributed by atoms with van der Waals surface area (Å²) in [5.41, 5.74) is 7.49. The molecule has 0 saturated carbocycles. The molecule has 1 heterocycles. The summed E-state index contributed by atoms with van der Waals surface area (Å²) in [6.45, 7) is 0. The molecule has 1 aromatic heterocycles. The van der Waals surface area contributed by atoms with E-state index in [0.717, 1.165) is 16.7 Å². The monoisotopic (exact) mass is 245 g/mol. The number of carbonyl (C=O) groups is 1. The Bertz CT molecular complexity index is 557. The lowest BCUT2D eigenvalue weighted by Crippen LogP contribution is -2.00. The van der Waals surface area contributed by atoms with Gasteiger partial charge < -0.3 is 5.73 Å². The summed E-state index contributed by atoms with van der Waals surface area (Å²) in [5, 5.41) is 0. The van der Waals surface area contributed by atoms with Crippen LogP contribution in [-0.2, 0) is 0 Å². The van der Waals surface area contributed by atoms with Crippen LogP contribution < -0.4 is 5.73 Å². The molecule has 0 saturated heterocycles. The molecule has 2 aromatic rings. The number of hydrogen-bond acceptors (Lipinski definition) is 5. The summed E-state index contributed by atoms with van der Waals surface area (Å²) in [7, 11) is 0. The molecule has 0 unspecified atom stereocenters. The molecule has 0 radical (unpaired) electrons. The number of anilines is 1. The standard InChI is InChI=1S/C12H11N3OS/c1-17-10-5-3-2-4-9(10)11-8(7-16)6-14-12(13)15-11/h2-7H,1H3,(H2,13,14,15). The summed E-state index contributed by atoms with van der Waals surface area (Å²) in [6.07, 6.45) is 4.16. The molecular formula is C12H11N3OS. The molecule has 17 heavy (non-hydrogen) atoms. The van der Waals surface area contributed by atoms with Crippen molar-refractivity contribution >= 4 is 24.0 Å². The molecule has 4 nitrogen and oxygen atoms in total. The lowest BCUT2D eigenvalue weighted by Gasteiger charge is -2.08. The molecule has 0 spiro atoms. The minimum absolute atomic E-state index is 0.168. The lowest BCUT2D eigenvalue weighted by atomic mass is 10.1. The summed E-state index contributed by atoms with van der Waals surface area (Å²) in [4.78, 5) is 20.0. The minimum Gasteiger partial charge on any atom is -0.368 e. The van der Waals surface area contributed by atoms with E-state index >= 15 is 0 Å². The number of nitrogen functional groups attached to an aromatic ring is 1. The van der Waals surface area contributed by atoms with Crippen LogP contribution in [0.2, 0.25) is 0 Å². The van der Waals surface area contributed by atoms with E-state index < -0.39 is 0 Å². The molecule has 0 aliphatic rings. The summed E-state index contributed by atoms with van der Waals surface area (Å²) in [5.74, 6) is 0.168. The number of carbonyl (C=O) groups excluding carboxylic acids is 1. The maximum absolute atomic E-state index is 11.0. The second-order valence-electron chi connectivity index (χ2n) is 3.35. The van der Waals surface area contributed by atoms with Crippen molar-refractivity contribution in [2.75, 3.05) is 12.0 Å². The van der Waals surface area contributed by atoms with E-state index in [1.54, 1.807) is 11.8 Å². The van der Waals surface area contributed by atoms with Gasteiger partial charge in [-0.05, 0) is 12.3 Å². The van der Waals surface area contributed by atoms with Crippen molar-refractivity contribution in [1.82, 2.24) is 9.97 Å². The zero-order valence-corrected chi connectivity index (χ0v) is 10.1. The van der Waals surface area contributed by atoms with Gasteiger partial charge in [0.1, 0.15) is 0 Å². The van der Waals surface area contributed by atoms with Crippen LogP contribution in [0.25, 0.3) is 11.3 Å². The van der Waals surface area contributed by atoms with Crippen LogP contribution in [0.15, 0.2) is 35.4 Å². The van der Waals surface area contributed by atoms with Crippen LogP contribution in [-0.4, -0.2) is 22.5 Å². The van der Waals surface area contributed by atoms with Crippen molar-refractivity contribution in [3.05, 3.63) is 36.0 Å². The Morgan fingerprint density at radius 3 is 2.82 bits per heavy atom. The minimum atomic E-state index is 0.168. The van der Waals surface area contributed by atoms with Crippen LogP contribution in [0, 0.1) is 0 Å². The third kappa shape index (κ3) is 2.29. The van der Waals surface area contributed by atoms with Gasteiger partial charge in [-0.3, -0.25) is 4.79 Å². The topological polar surface area (TPSA) is 68.9 Å². The first-order valence-electron chi connectivity index (χ1n) is 4.97. The Balaban J connectivity index is 2.66. The third-order valence-electron chi connectivity index (χ3n) is 2.32. The average molecular weight is 245 g/mol. The van der Waals surface area contributed by atoms with Gasteiger partial charge in [-0.1, -0.05) is 18.2 Å². The molecule has 0 aliphatic carbocycles. The van der Waals surface area contributed by atoms with Crippen LogP contribution in [0.3, 0.4) is 0 Å². The molecule has 0 fully saturated rings. The van der Waals surface area contributed by atoms with Crippen LogP contribution in [0.4, 0.5) is 5.95 Å². The SMILES string of the molecule is CSc1ccccc1-c1nc(N)ncc1C=O. The van der Waals surface area contributed by atoms with E-state index in [2.05, 4.69) is 9.97 Å². The first-order chi connectivity index (χ1) is 8.26.